The summed E-state index contributed by atoms with van der Waals surface area (Å²) in [6, 6.07) is 17.6. The number of rotatable bonds is 2. The molecule has 0 fully saturated rings. The van der Waals surface area contributed by atoms with Crippen molar-refractivity contribution in [1.29, 1.82) is 5.26 Å². The summed E-state index contributed by atoms with van der Waals surface area (Å²) in [7, 11) is 0. The van der Waals surface area contributed by atoms with Crippen LogP contribution in [0.2, 0.25) is 0 Å². The summed E-state index contributed by atoms with van der Waals surface area (Å²) in [5.41, 5.74) is 1.58. The molecule has 0 bridgehead atoms. The zero-order valence-corrected chi connectivity index (χ0v) is 10.8. The number of hydrogen-bond acceptors (Lipinski definition) is 4. The van der Waals surface area contributed by atoms with Gasteiger partial charge < -0.3 is 0 Å². The highest BCUT2D eigenvalue weighted by molar-refractivity contribution is 7.99. The molecule has 0 saturated carbocycles. The van der Waals surface area contributed by atoms with E-state index in [1.54, 1.807) is 24.2 Å². The maximum absolute atomic E-state index is 8.92. The second-order valence-electron chi connectivity index (χ2n) is 3.94. The van der Waals surface area contributed by atoms with Gasteiger partial charge in [0.1, 0.15) is 11.4 Å². The number of para-hydroxylation sites is 1. The lowest BCUT2D eigenvalue weighted by Crippen LogP contribution is -1.86. The van der Waals surface area contributed by atoms with Gasteiger partial charge in [0, 0.05) is 10.3 Å². The van der Waals surface area contributed by atoms with Crippen molar-refractivity contribution in [2.75, 3.05) is 0 Å². The van der Waals surface area contributed by atoms with Gasteiger partial charge in [0.15, 0.2) is 0 Å². The van der Waals surface area contributed by atoms with E-state index in [2.05, 4.69) is 16.0 Å². The summed E-state index contributed by atoms with van der Waals surface area (Å²) < 4.78 is 0. The largest absolute Gasteiger partial charge is 0.236 e. The smallest absolute Gasteiger partial charge is 0.117 e. The summed E-state index contributed by atoms with van der Waals surface area (Å²) in [6.45, 7) is 0. The molecule has 2 aromatic carbocycles. The number of benzene rings is 2. The third-order valence-electron chi connectivity index (χ3n) is 2.68. The van der Waals surface area contributed by atoms with Crippen molar-refractivity contribution in [3.05, 3.63) is 60.4 Å². The molecule has 0 aliphatic rings. The fraction of sp³-hybridized carbons (Fsp3) is 0. The Labute approximate surface area is 114 Å². The van der Waals surface area contributed by atoms with Crippen LogP contribution in [0.25, 0.3) is 10.9 Å². The van der Waals surface area contributed by atoms with Crippen LogP contribution in [0.15, 0.2) is 64.8 Å². The van der Waals surface area contributed by atoms with Gasteiger partial charge in [-0.3, -0.25) is 0 Å². The lowest BCUT2D eigenvalue weighted by molar-refractivity contribution is 1.10. The van der Waals surface area contributed by atoms with Crippen LogP contribution in [0, 0.1) is 11.3 Å². The summed E-state index contributed by atoms with van der Waals surface area (Å²) in [4.78, 5) is 9.57. The van der Waals surface area contributed by atoms with Crippen LogP contribution in [-0.2, 0) is 0 Å². The second-order valence-corrected chi connectivity index (χ2v) is 5.00. The molecule has 0 N–H and O–H groups in total. The molecule has 3 aromatic rings. The maximum atomic E-state index is 8.92. The quantitative estimate of drug-likeness (QED) is 0.662. The van der Waals surface area contributed by atoms with Crippen LogP contribution in [0.5, 0.6) is 0 Å². The van der Waals surface area contributed by atoms with Crippen LogP contribution >= 0.6 is 11.8 Å². The Balaban J connectivity index is 2.04. The Morgan fingerprint density at radius 3 is 2.79 bits per heavy atom. The molecule has 0 unspecified atom stereocenters. The maximum Gasteiger partial charge on any atom is 0.117 e. The van der Waals surface area contributed by atoms with Crippen molar-refractivity contribution < 1.29 is 0 Å². The van der Waals surface area contributed by atoms with Crippen LogP contribution in [0.1, 0.15) is 5.56 Å². The molecule has 1 heterocycles. The lowest BCUT2D eigenvalue weighted by atomic mass is 10.2. The van der Waals surface area contributed by atoms with Crippen molar-refractivity contribution in [3.63, 3.8) is 0 Å². The molecule has 0 aliphatic heterocycles. The highest BCUT2D eigenvalue weighted by atomic mass is 32.2. The van der Waals surface area contributed by atoms with Crippen LogP contribution < -0.4 is 0 Å². The first kappa shape index (κ1) is 11.7. The first-order valence-electron chi connectivity index (χ1n) is 5.74. The average Bonchev–Trinajstić information content (AvgIpc) is 2.48. The minimum atomic E-state index is 0.656. The van der Waals surface area contributed by atoms with E-state index in [1.165, 1.54) is 0 Å². The Hall–Kier alpha value is -2.38. The molecule has 1 aromatic heterocycles. The molecule has 0 saturated heterocycles. The van der Waals surface area contributed by atoms with Gasteiger partial charge in [-0.15, -0.1) is 0 Å². The number of nitriles is 1. The molecule has 0 amide bonds. The predicted octanol–water partition coefficient (Wildman–Crippen LogP) is 3.65. The van der Waals surface area contributed by atoms with E-state index in [-0.39, 0.29) is 0 Å². The second kappa shape index (κ2) is 5.09. The van der Waals surface area contributed by atoms with E-state index in [0.717, 1.165) is 20.8 Å². The zero-order chi connectivity index (χ0) is 13.1. The van der Waals surface area contributed by atoms with Crippen molar-refractivity contribution in [2.45, 2.75) is 9.92 Å². The first-order chi connectivity index (χ1) is 9.36. The van der Waals surface area contributed by atoms with Gasteiger partial charge in [-0.2, -0.15) is 5.26 Å². The number of nitrogens with zero attached hydrogens (tertiary/aromatic N) is 3. The van der Waals surface area contributed by atoms with Gasteiger partial charge >= 0.3 is 0 Å². The van der Waals surface area contributed by atoms with Gasteiger partial charge in [-0.25, -0.2) is 9.97 Å². The van der Waals surface area contributed by atoms with E-state index in [4.69, 9.17) is 5.26 Å². The van der Waals surface area contributed by atoms with Crippen LogP contribution in [-0.4, -0.2) is 9.97 Å². The molecule has 3 rings (SSSR count). The van der Waals surface area contributed by atoms with Gasteiger partial charge in [0.05, 0.1) is 17.1 Å². The third kappa shape index (κ3) is 2.42. The SMILES string of the molecule is N#Cc1cccc(Sc2ncnc3ccccc23)c1. The van der Waals surface area contributed by atoms with E-state index in [0.29, 0.717) is 5.56 Å². The predicted molar refractivity (Wildman–Crippen MR) is 74.8 cm³/mol. The molecule has 90 valence electrons. The van der Waals surface area contributed by atoms with Crippen molar-refractivity contribution in [1.82, 2.24) is 9.97 Å². The van der Waals surface area contributed by atoms with Crippen molar-refractivity contribution in [2.24, 2.45) is 0 Å². The molecule has 4 heteroatoms. The van der Waals surface area contributed by atoms with E-state index < -0.39 is 0 Å². The summed E-state index contributed by atoms with van der Waals surface area (Å²) >= 11 is 1.54. The van der Waals surface area contributed by atoms with Gasteiger partial charge in [-0.05, 0) is 24.3 Å². The molecular formula is C15H9N3S. The van der Waals surface area contributed by atoms with Crippen molar-refractivity contribution in [3.8, 4) is 6.07 Å². The minimum Gasteiger partial charge on any atom is -0.236 e. The summed E-state index contributed by atoms with van der Waals surface area (Å²) in [5.74, 6) is 0. The summed E-state index contributed by atoms with van der Waals surface area (Å²) in [5, 5.41) is 10.8. The number of aromatic nitrogens is 2. The van der Waals surface area contributed by atoms with E-state index in [9.17, 15) is 0 Å². The van der Waals surface area contributed by atoms with Gasteiger partial charge in [0.2, 0.25) is 0 Å². The molecule has 0 spiro atoms. The Morgan fingerprint density at radius 2 is 1.89 bits per heavy atom. The fourth-order valence-corrected chi connectivity index (χ4v) is 2.74. The Bertz CT molecular complexity index is 772. The van der Waals surface area contributed by atoms with Crippen molar-refractivity contribution >= 4 is 22.7 Å². The number of fused-ring (bicyclic) bond motifs is 1. The lowest BCUT2D eigenvalue weighted by Gasteiger charge is -2.04. The van der Waals surface area contributed by atoms with Gasteiger partial charge in [-0.1, -0.05) is 36.0 Å². The van der Waals surface area contributed by atoms with E-state index in [1.807, 2.05) is 42.5 Å². The third-order valence-corrected chi connectivity index (χ3v) is 3.69. The van der Waals surface area contributed by atoms with Gasteiger partial charge in [0.25, 0.3) is 0 Å². The molecular weight excluding hydrogens is 254 g/mol. The fourth-order valence-electron chi connectivity index (χ4n) is 1.80. The normalized spacial score (nSPS) is 10.3. The Morgan fingerprint density at radius 1 is 1.00 bits per heavy atom. The average molecular weight is 263 g/mol. The number of hydrogen-bond donors (Lipinski definition) is 0. The topological polar surface area (TPSA) is 49.6 Å². The van der Waals surface area contributed by atoms with E-state index >= 15 is 0 Å². The van der Waals surface area contributed by atoms with Crippen LogP contribution in [0.4, 0.5) is 0 Å². The molecule has 0 aliphatic carbocycles. The Kier molecular flexibility index (Phi) is 3.13. The molecule has 0 atom stereocenters. The highest BCUT2D eigenvalue weighted by Crippen LogP contribution is 2.31. The minimum absolute atomic E-state index is 0.656. The molecule has 0 radical (unpaired) electrons. The molecule has 19 heavy (non-hydrogen) atoms. The monoisotopic (exact) mass is 263 g/mol. The van der Waals surface area contributed by atoms with Crippen LogP contribution in [0.3, 0.4) is 0 Å². The summed E-state index contributed by atoms with van der Waals surface area (Å²) in [6.07, 6.45) is 1.57. The molecule has 3 nitrogen and oxygen atoms in total. The highest BCUT2D eigenvalue weighted by Gasteiger charge is 2.05. The first-order valence-corrected chi connectivity index (χ1v) is 6.56. The zero-order valence-electron chi connectivity index (χ0n) is 9.95. The standard InChI is InChI=1S/C15H9N3S/c16-9-11-4-3-5-12(8-11)19-15-13-6-1-2-7-14(13)17-10-18-15/h1-8,10H.